The third-order valence-electron chi connectivity index (χ3n) is 2.39. The molecule has 0 saturated heterocycles. The molecule has 0 aliphatic rings. The van der Waals surface area contributed by atoms with Crippen molar-refractivity contribution >= 4 is 5.91 Å². The first-order chi connectivity index (χ1) is 8.58. The fourth-order valence-electron chi connectivity index (χ4n) is 1.57. The van der Waals surface area contributed by atoms with E-state index in [0.717, 1.165) is 0 Å². The summed E-state index contributed by atoms with van der Waals surface area (Å²) in [5.41, 5.74) is 0. The summed E-state index contributed by atoms with van der Waals surface area (Å²) in [6.07, 6.45) is 3.27. The maximum atomic E-state index is 12.0. The molecule has 0 aliphatic heterocycles. The van der Waals surface area contributed by atoms with E-state index in [2.05, 4.69) is 25.4 Å². The topological polar surface area (TPSA) is 85.6 Å². The normalized spacial score (nSPS) is 12.2. The van der Waals surface area contributed by atoms with Gasteiger partial charge in [0.2, 0.25) is 5.82 Å². The van der Waals surface area contributed by atoms with Gasteiger partial charge in [-0.3, -0.25) is 4.79 Å². The van der Waals surface area contributed by atoms with Crippen LogP contribution in [-0.2, 0) is 7.05 Å². The smallest absolute Gasteiger partial charge is 0.289 e. The molecule has 0 saturated carbocycles. The van der Waals surface area contributed by atoms with Crippen LogP contribution in [0.5, 0.6) is 0 Å². The van der Waals surface area contributed by atoms with Crippen LogP contribution in [-0.4, -0.2) is 30.6 Å². The van der Waals surface area contributed by atoms with Gasteiger partial charge in [-0.2, -0.15) is 5.10 Å². The van der Waals surface area contributed by atoms with Crippen molar-refractivity contribution < 1.29 is 4.79 Å². The predicted molar refractivity (Wildman–Crippen MR) is 63.7 cm³/mol. The van der Waals surface area contributed by atoms with Gasteiger partial charge in [-0.05, 0) is 19.9 Å². The van der Waals surface area contributed by atoms with E-state index in [-0.39, 0.29) is 17.8 Å². The van der Waals surface area contributed by atoms with Gasteiger partial charge in [-0.1, -0.05) is 0 Å². The second-order valence-corrected chi connectivity index (χ2v) is 3.91. The molecule has 18 heavy (non-hydrogen) atoms. The van der Waals surface area contributed by atoms with Crippen molar-refractivity contribution in [3.05, 3.63) is 35.9 Å². The zero-order chi connectivity index (χ0) is 13.1. The first-order valence-corrected chi connectivity index (χ1v) is 5.53. The molecule has 2 aromatic heterocycles. The number of aryl methyl sites for hydroxylation is 2. The maximum absolute atomic E-state index is 12.0. The van der Waals surface area contributed by atoms with E-state index in [9.17, 15) is 4.79 Å². The van der Waals surface area contributed by atoms with Crippen molar-refractivity contribution in [1.82, 2.24) is 30.0 Å². The Morgan fingerprint density at radius 3 is 2.61 bits per heavy atom. The van der Waals surface area contributed by atoms with Crippen molar-refractivity contribution in [2.45, 2.75) is 19.9 Å². The Morgan fingerprint density at radius 1 is 1.39 bits per heavy atom. The Morgan fingerprint density at radius 2 is 2.06 bits per heavy atom. The third-order valence-corrected chi connectivity index (χ3v) is 2.39. The van der Waals surface area contributed by atoms with Gasteiger partial charge in [0.15, 0.2) is 0 Å². The zero-order valence-electron chi connectivity index (χ0n) is 10.5. The van der Waals surface area contributed by atoms with Gasteiger partial charge in [-0.25, -0.2) is 19.6 Å². The van der Waals surface area contributed by atoms with Crippen molar-refractivity contribution in [3.63, 3.8) is 0 Å². The highest BCUT2D eigenvalue weighted by Crippen LogP contribution is 2.06. The highest BCUT2D eigenvalue weighted by atomic mass is 16.2. The summed E-state index contributed by atoms with van der Waals surface area (Å²) < 4.78 is 1.45. The molecule has 0 spiro atoms. The molecule has 7 heteroatoms. The van der Waals surface area contributed by atoms with E-state index in [1.54, 1.807) is 32.4 Å². The first kappa shape index (κ1) is 12.2. The van der Waals surface area contributed by atoms with Gasteiger partial charge in [-0.15, -0.1) is 0 Å². The van der Waals surface area contributed by atoms with Crippen molar-refractivity contribution in [2.24, 2.45) is 7.05 Å². The summed E-state index contributed by atoms with van der Waals surface area (Å²) >= 11 is 0. The molecule has 0 fully saturated rings. The Hall–Kier alpha value is -2.31. The minimum Gasteiger partial charge on any atom is -0.340 e. The molecule has 0 radical (unpaired) electrons. The lowest BCUT2D eigenvalue weighted by molar-refractivity contribution is 0.0923. The van der Waals surface area contributed by atoms with E-state index in [1.807, 2.05) is 6.92 Å². The lowest BCUT2D eigenvalue weighted by Gasteiger charge is -2.11. The largest absolute Gasteiger partial charge is 0.340 e. The van der Waals surface area contributed by atoms with Crippen molar-refractivity contribution in [2.75, 3.05) is 0 Å². The van der Waals surface area contributed by atoms with Crippen LogP contribution in [0.25, 0.3) is 0 Å². The number of aromatic nitrogens is 5. The summed E-state index contributed by atoms with van der Waals surface area (Å²) in [6.45, 7) is 3.55. The van der Waals surface area contributed by atoms with Crippen molar-refractivity contribution in [1.29, 1.82) is 0 Å². The van der Waals surface area contributed by atoms with Crippen LogP contribution in [0.1, 0.15) is 35.2 Å². The molecule has 0 bridgehead atoms. The second-order valence-electron chi connectivity index (χ2n) is 3.91. The fourth-order valence-corrected chi connectivity index (χ4v) is 1.57. The molecule has 1 amide bonds. The fraction of sp³-hybridized carbons (Fsp3) is 0.364. The maximum Gasteiger partial charge on any atom is 0.289 e. The number of hydrogen-bond donors (Lipinski definition) is 1. The molecule has 1 unspecified atom stereocenters. The standard InChI is InChI=1S/C11H14N6O/c1-7(9-12-5-4-6-13-9)14-11(18)10-15-8(2)16-17(10)3/h4-7H,1-3H3,(H,14,18). The lowest BCUT2D eigenvalue weighted by Crippen LogP contribution is -2.30. The average molecular weight is 246 g/mol. The average Bonchev–Trinajstić information content (AvgIpc) is 2.69. The number of nitrogens with zero attached hydrogens (tertiary/aromatic N) is 5. The first-order valence-electron chi connectivity index (χ1n) is 5.53. The Kier molecular flexibility index (Phi) is 3.31. The quantitative estimate of drug-likeness (QED) is 0.847. The molecule has 2 rings (SSSR count). The van der Waals surface area contributed by atoms with E-state index in [0.29, 0.717) is 11.6 Å². The van der Waals surface area contributed by atoms with Crippen LogP contribution in [0.15, 0.2) is 18.5 Å². The van der Waals surface area contributed by atoms with E-state index in [1.165, 1.54) is 4.68 Å². The van der Waals surface area contributed by atoms with Crippen LogP contribution >= 0.6 is 0 Å². The van der Waals surface area contributed by atoms with Gasteiger partial charge in [0.1, 0.15) is 11.6 Å². The SMILES string of the molecule is Cc1nc(C(=O)NC(C)c2ncccn2)n(C)n1. The number of amides is 1. The summed E-state index contributed by atoms with van der Waals surface area (Å²) in [6, 6.07) is 1.44. The van der Waals surface area contributed by atoms with Crippen LogP contribution in [0.3, 0.4) is 0 Å². The van der Waals surface area contributed by atoms with E-state index < -0.39 is 0 Å². The molecule has 7 nitrogen and oxygen atoms in total. The molecule has 2 heterocycles. The Labute approximate surface area is 104 Å². The van der Waals surface area contributed by atoms with Crippen molar-refractivity contribution in [3.8, 4) is 0 Å². The second kappa shape index (κ2) is 4.91. The molecule has 94 valence electrons. The molecule has 1 N–H and O–H groups in total. The molecule has 2 aromatic rings. The summed E-state index contributed by atoms with van der Waals surface area (Å²) in [7, 11) is 1.68. The van der Waals surface area contributed by atoms with Gasteiger partial charge in [0, 0.05) is 19.4 Å². The minimum atomic E-state index is -0.293. The van der Waals surface area contributed by atoms with Crippen LogP contribution in [0.4, 0.5) is 0 Å². The third kappa shape index (κ3) is 2.50. The predicted octanol–water partition coefficient (Wildman–Crippen LogP) is 0.405. The van der Waals surface area contributed by atoms with Gasteiger partial charge >= 0.3 is 0 Å². The molecule has 1 atom stereocenters. The molecule has 0 aliphatic carbocycles. The van der Waals surface area contributed by atoms with Crippen LogP contribution in [0.2, 0.25) is 0 Å². The number of carbonyl (C=O) groups is 1. The Bertz CT molecular complexity index is 550. The molecular weight excluding hydrogens is 232 g/mol. The summed E-state index contributed by atoms with van der Waals surface area (Å²) in [5, 5.41) is 6.80. The number of carbonyl (C=O) groups excluding carboxylic acids is 1. The van der Waals surface area contributed by atoms with Gasteiger partial charge in [0.25, 0.3) is 5.91 Å². The Balaban J connectivity index is 2.10. The lowest BCUT2D eigenvalue weighted by atomic mass is 10.3. The number of nitrogens with one attached hydrogen (secondary N) is 1. The summed E-state index contributed by atoms with van der Waals surface area (Å²) in [4.78, 5) is 24.2. The zero-order valence-corrected chi connectivity index (χ0v) is 10.5. The van der Waals surface area contributed by atoms with Gasteiger partial charge < -0.3 is 5.32 Å². The highest BCUT2D eigenvalue weighted by molar-refractivity contribution is 5.90. The molecular formula is C11H14N6O. The van der Waals surface area contributed by atoms with E-state index in [4.69, 9.17) is 0 Å². The molecule has 0 aromatic carbocycles. The van der Waals surface area contributed by atoms with Gasteiger partial charge in [0.05, 0.1) is 6.04 Å². The van der Waals surface area contributed by atoms with E-state index >= 15 is 0 Å². The summed E-state index contributed by atoms with van der Waals surface area (Å²) in [5.74, 6) is 1.10. The van der Waals surface area contributed by atoms with Crippen LogP contribution < -0.4 is 5.32 Å². The number of hydrogen-bond acceptors (Lipinski definition) is 5. The highest BCUT2D eigenvalue weighted by Gasteiger charge is 2.17. The van der Waals surface area contributed by atoms with Crippen LogP contribution in [0, 0.1) is 6.92 Å². The minimum absolute atomic E-state index is 0.273. The number of rotatable bonds is 3. The monoisotopic (exact) mass is 246 g/mol.